The summed E-state index contributed by atoms with van der Waals surface area (Å²) in [5.74, 6) is -10.4. The van der Waals surface area contributed by atoms with Crippen LogP contribution in [-0.4, -0.2) is 210 Å². The zero-order chi connectivity index (χ0) is 64.0. The number of benzene rings is 1. The second kappa shape index (κ2) is 31.4. The summed E-state index contributed by atoms with van der Waals surface area (Å²) < 4.78 is 16.9. The van der Waals surface area contributed by atoms with Gasteiger partial charge in [-0.2, -0.15) is 0 Å². The second-order valence-electron chi connectivity index (χ2n) is 24.8. The Kier molecular flexibility index (Phi) is 26.7. The first-order chi connectivity index (χ1) is 39.1. The number of ether oxygens (including phenoxy) is 3. The van der Waals surface area contributed by atoms with Crippen molar-refractivity contribution < 1.29 is 67.0 Å². The van der Waals surface area contributed by atoms with Crippen LogP contribution in [0.4, 0.5) is 0 Å². The fraction of sp³-hybridized carbons (Fsp3) is 0.721. The van der Waals surface area contributed by atoms with Gasteiger partial charge in [0.25, 0.3) is 5.91 Å². The molecule has 23 nitrogen and oxygen atoms in total. The molecule has 0 aromatic heterocycles. The Hall–Kier alpha value is -6.81. The summed E-state index contributed by atoms with van der Waals surface area (Å²) >= 11 is 0. The molecule has 1 aromatic rings. The number of methoxy groups -OCH3 is 1. The maximum atomic E-state index is 15.2. The van der Waals surface area contributed by atoms with Crippen molar-refractivity contribution >= 4 is 65.1 Å². The van der Waals surface area contributed by atoms with Gasteiger partial charge >= 0.3 is 11.9 Å². The van der Waals surface area contributed by atoms with Gasteiger partial charge in [-0.25, -0.2) is 4.79 Å². The molecule has 2 saturated heterocycles. The lowest BCUT2D eigenvalue weighted by molar-refractivity contribution is -0.165. The van der Waals surface area contributed by atoms with E-state index in [1.165, 1.54) is 68.9 Å². The van der Waals surface area contributed by atoms with Crippen LogP contribution >= 0.6 is 0 Å². The Morgan fingerprint density at radius 1 is 0.631 bits per heavy atom. The van der Waals surface area contributed by atoms with Crippen molar-refractivity contribution in [1.29, 1.82) is 0 Å². The van der Waals surface area contributed by atoms with Gasteiger partial charge in [0.15, 0.2) is 6.10 Å². The lowest BCUT2D eigenvalue weighted by Gasteiger charge is -2.41. The van der Waals surface area contributed by atoms with Crippen LogP contribution in [0.2, 0.25) is 0 Å². The predicted octanol–water partition coefficient (Wildman–Crippen LogP) is 3.58. The number of nitrogens with zero attached hydrogens (tertiary/aromatic N) is 6. The van der Waals surface area contributed by atoms with Crippen LogP contribution in [-0.2, 0) is 68.6 Å². The second-order valence-corrected chi connectivity index (χ2v) is 24.8. The summed E-state index contributed by atoms with van der Waals surface area (Å²) in [5, 5.41) is 8.30. The van der Waals surface area contributed by atoms with Crippen molar-refractivity contribution in [2.45, 2.75) is 202 Å². The van der Waals surface area contributed by atoms with Crippen LogP contribution in [0.3, 0.4) is 0 Å². The van der Waals surface area contributed by atoms with Crippen LogP contribution in [0.5, 0.6) is 5.75 Å². The number of fused-ring (bicyclic) bond motifs is 1. The number of piperidine rings is 1. The van der Waals surface area contributed by atoms with E-state index in [1.807, 2.05) is 13.8 Å². The van der Waals surface area contributed by atoms with E-state index < -0.39 is 168 Å². The predicted molar refractivity (Wildman–Crippen MR) is 315 cm³/mol. The molecule has 0 bridgehead atoms. The molecular weight excluding hydrogens is 1080 g/mol. The number of esters is 2. The molecule has 1 aromatic carbocycles. The topological polar surface area (TPSA) is 271 Å². The summed E-state index contributed by atoms with van der Waals surface area (Å²) in [7, 11) is 8.45. The van der Waals surface area contributed by atoms with E-state index in [0.717, 1.165) is 9.80 Å². The lowest BCUT2D eigenvalue weighted by Crippen LogP contribution is -2.63. The zero-order valence-electron chi connectivity index (χ0n) is 53.7. The van der Waals surface area contributed by atoms with Crippen molar-refractivity contribution in [2.24, 2.45) is 29.6 Å². The molecule has 2 fully saturated rings. The number of amides is 9. The molecule has 23 heteroatoms. The molecule has 3 rings (SSSR count). The Bertz CT molecular complexity index is 2500. The summed E-state index contributed by atoms with van der Waals surface area (Å²) in [6.45, 7) is 23.2. The molecule has 9 amide bonds. The summed E-state index contributed by atoms with van der Waals surface area (Å²) in [6, 6.07) is -3.55. The van der Waals surface area contributed by atoms with E-state index >= 15 is 9.59 Å². The number of nitrogens with one attached hydrogen (secondary N) is 3. The average Bonchev–Trinajstić information content (AvgIpc) is 3.43. The molecule has 84 heavy (non-hydrogen) atoms. The number of carbonyl (C=O) groups excluding carboxylic acids is 11. The highest BCUT2D eigenvalue weighted by Crippen LogP contribution is 2.27. The van der Waals surface area contributed by atoms with E-state index in [2.05, 4.69) is 16.0 Å². The first kappa shape index (κ1) is 71.5. The normalized spacial score (nSPS) is 26.2. The van der Waals surface area contributed by atoms with Gasteiger partial charge in [-0.05, 0) is 94.2 Å². The number of rotatable bonds is 12. The molecule has 0 radical (unpaired) electrons. The SMILES string of the molecule is CC[C@@H](C)[C@H]1C(=O)NCC(=O)N(C)[C@@H](C(C)C)C(=O)N[C@@H](Cc2ccc(OC)cc2)C(=O)O[C@@H](C)C(=O)N2CCCC[C@H]2C(=O)N(C)[C@@H](C(C)C)C(=O)N[C@@H](C(C)C)C(=O)N(C)[C@H](CC(=O)OC(C)(C)C)C(=O)N(C)[C@@H]([C@@H](C)CC)C(=O)N1C. The fourth-order valence-corrected chi connectivity index (χ4v) is 11.0. The van der Waals surface area contributed by atoms with Crippen molar-refractivity contribution in [3.63, 3.8) is 0 Å². The van der Waals surface area contributed by atoms with E-state index in [-0.39, 0.29) is 19.4 Å². The van der Waals surface area contributed by atoms with E-state index in [4.69, 9.17) is 14.2 Å². The Morgan fingerprint density at radius 3 is 1.68 bits per heavy atom. The van der Waals surface area contributed by atoms with Crippen LogP contribution in [0.15, 0.2) is 24.3 Å². The highest BCUT2D eigenvalue weighted by Gasteiger charge is 2.46. The number of likely N-dealkylation sites (N-methyl/N-ethyl adjacent to an activating group) is 5. The molecule has 11 atom stereocenters. The maximum absolute atomic E-state index is 15.2. The van der Waals surface area contributed by atoms with Gasteiger partial charge in [0.05, 0.1) is 20.1 Å². The van der Waals surface area contributed by atoms with Crippen molar-refractivity contribution in [2.75, 3.05) is 55.4 Å². The van der Waals surface area contributed by atoms with Crippen molar-refractivity contribution in [1.82, 2.24) is 45.3 Å². The van der Waals surface area contributed by atoms with Gasteiger partial charge in [0.2, 0.25) is 47.3 Å². The quantitative estimate of drug-likeness (QED) is 0.253. The lowest BCUT2D eigenvalue weighted by atomic mass is 9.92. The van der Waals surface area contributed by atoms with Gasteiger partial charge in [-0.3, -0.25) is 47.9 Å². The van der Waals surface area contributed by atoms with Crippen LogP contribution < -0.4 is 20.7 Å². The highest BCUT2D eigenvalue weighted by atomic mass is 16.6. The van der Waals surface area contributed by atoms with Crippen molar-refractivity contribution in [3.05, 3.63) is 29.8 Å². The van der Waals surface area contributed by atoms with Gasteiger partial charge in [-0.1, -0.05) is 94.2 Å². The van der Waals surface area contributed by atoms with Crippen LogP contribution in [0, 0.1) is 29.6 Å². The maximum Gasteiger partial charge on any atom is 0.329 e. The van der Waals surface area contributed by atoms with E-state index in [0.29, 0.717) is 37.0 Å². The smallest absolute Gasteiger partial charge is 0.329 e. The summed E-state index contributed by atoms with van der Waals surface area (Å²) in [5.41, 5.74) is -0.414. The van der Waals surface area contributed by atoms with E-state index in [9.17, 15) is 43.2 Å². The molecule has 472 valence electrons. The molecule has 2 aliphatic heterocycles. The molecule has 0 spiro atoms. The minimum absolute atomic E-state index is 0.112. The molecule has 0 aliphatic carbocycles. The molecule has 0 unspecified atom stereocenters. The third-order valence-corrected chi connectivity index (χ3v) is 16.2. The average molecular weight is 1180 g/mol. The first-order valence-electron chi connectivity index (χ1n) is 29.6. The standard InChI is InChI=1S/C61H99N9O14/c1-21-37(9)50-52(73)62-33-45(71)66(16)48(35(5)6)53(74)63-42(31-40-26-28-41(82-20)29-27-40)60(81)83-39(11)55(76)70-30-24-23-25-43(70)56(77)67(17)49(36(7)8)54(75)64-47(34(3)4)58(79)65(15)44(32-46(72)84-61(12,13)14)57(78)69(19)51(38(10)22-2)59(80)68(50)18/h26-29,34-39,42-44,47-51H,21-25,30-33H2,1-20H3,(H,62,73)(H,63,74)(H,64,75)/t37-,38+,39+,42+,43+,44-,47+,48+,49+,50+,51+/m1/s1. The third kappa shape index (κ3) is 18.3. The van der Waals surface area contributed by atoms with Crippen molar-refractivity contribution in [3.8, 4) is 5.75 Å². The first-order valence-corrected chi connectivity index (χ1v) is 29.6. The highest BCUT2D eigenvalue weighted by molar-refractivity contribution is 5.99. The minimum atomic E-state index is -1.59. The molecule has 3 N–H and O–H groups in total. The number of hydrogen-bond acceptors (Lipinski definition) is 14. The fourth-order valence-electron chi connectivity index (χ4n) is 11.0. The van der Waals surface area contributed by atoms with Gasteiger partial charge in [0, 0.05) is 48.2 Å². The summed E-state index contributed by atoms with van der Waals surface area (Å²) in [6.07, 6.45) is -0.194. The zero-order valence-corrected chi connectivity index (χ0v) is 53.7. The monoisotopic (exact) mass is 1180 g/mol. The molecule has 2 heterocycles. The third-order valence-electron chi connectivity index (χ3n) is 16.2. The Morgan fingerprint density at radius 2 is 1.15 bits per heavy atom. The van der Waals surface area contributed by atoms with Gasteiger partial charge in [-0.15, -0.1) is 0 Å². The van der Waals surface area contributed by atoms with Crippen LogP contribution in [0.25, 0.3) is 0 Å². The summed E-state index contributed by atoms with van der Waals surface area (Å²) in [4.78, 5) is 168. The van der Waals surface area contributed by atoms with Gasteiger partial charge in [0.1, 0.15) is 59.7 Å². The largest absolute Gasteiger partial charge is 0.497 e. The minimum Gasteiger partial charge on any atom is -0.497 e. The molecule has 0 saturated carbocycles. The number of hydrogen-bond donors (Lipinski definition) is 3. The van der Waals surface area contributed by atoms with E-state index in [1.54, 1.807) is 100 Å². The Balaban J connectivity index is 2.31. The number of cyclic esters (lactones) is 1. The Labute approximate surface area is 498 Å². The van der Waals surface area contributed by atoms with Crippen LogP contribution in [0.1, 0.15) is 141 Å². The molecular formula is C61H99N9O14. The van der Waals surface area contributed by atoms with Gasteiger partial charge < -0.3 is 59.6 Å². The molecule has 2 aliphatic rings. The number of carbonyl (C=O) groups is 11.